The van der Waals surface area contributed by atoms with Gasteiger partial charge in [-0.1, -0.05) is 42.5 Å². The molecular formula is C37H37N5O11. The molecule has 1 aliphatic carbocycles. The van der Waals surface area contributed by atoms with Crippen LogP contribution in [-0.4, -0.2) is 132 Å². The number of carbonyl (C=O) groups is 5. The van der Waals surface area contributed by atoms with Crippen LogP contribution in [-0.2, 0) is 51.0 Å². The summed E-state index contributed by atoms with van der Waals surface area (Å²) in [6.45, 7) is 1.16. The number of likely N-dealkylation sites (N-methyl/N-ethyl adjacent to an activating group) is 1. The number of amides is 3. The summed E-state index contributed by atoms with van der Waals surface area (Å²) >= 11 is 0. The third-order valence-electron chi connectivity index (χ3n) is 11.6. The highest BCUT2D eigenvalue weighted by Crippen LogP contribution is 2.49. The summed E-state index contributed by atoms with van der Waals surface area (Å²) in [6, 6.07) is 11.8. The average Bonchev–Trinajstić information content (AvgIpc) is 3.85. The van der Waals surface area contributed by atoms with Crippen LogP contribution in [0.3, 0.4) is 0 Å². The molecule has 4 saturated heterocycles. The second-order valence-electron chi connectivity index (χ2n) is 14.8. The van der Waals surface area contributed by atoms with Gasteiger partial charge in [0.25, 0.3) is 23.3 Å². The topological polar surface area (TPSA) is 211 Å². The van der Waals surface area contributed by atoms with Crippen molar-refractivity contribution in [3.63, 3.8) is 0 Å². The first-order chi connectivity index (χ1) is 25.3. The average molecular weight is 728 g/mol. The van der Waals surface area contributed by atoms with Crippen LogP contribution in [0, 0.1) is 0 Å². The Hall–Kier alpha value is -5.13. The van der Waals surface area contributed by atoms with Crippen molar-refractivity contribution in [1.29, 1.82) is 0 Å². The zero-order valence-electron chi connectivity index (χ0n) is 28.8. The van der Waals surface area contributed by atoms with E-state index in [-0.39, 0.29) is 12.3 Å². The zero-order valence-corrected chi connectivity index (χ0v) is 28.8. The highest BCUT2D eigenvalue weighted by atomic mass is 16.7. The third kappa shape index (κ3) is 4.62. The number of nitrogens with zero attached hydrogens (tertiary/aromatic N) is 3. The van der Waals surface area contributed by atoms with Crippen molar-refractivity contribution in [2.75, 3.05) is 20.1 Å². The van der Waals surface area contributed by atoms with Gasteiger partial charge in [0.1, 0.15) is 12.1 Å². The van der Waals surface area contributed by atoms with E-state index < -0.39 is 83.6 Å². The Morgan fingerprint density at radius 2 is 1.79 bits per heavy atom. The summed E-state index contributed by atoms with van der Waals surface area (Å²) in [4.78, 5) is 77.8. The fourth-order valence-corrected chi connectivity index (χ4v) is 9.12. The van der Waals surface area contributed by atoms with Gasteiger partial charge in [-0.25, -0.2) is 9.59 Å². The largest absolute Gasteiger partial charge is 0.437 e. The molecule has 8 atom stereocenters. The van der Waals surface area contributed by atoms with Gasteiger partial charge in [0.2, 0.25) is 11.6 Å². The zero-order chi connectivity index (χ0) is 37.2. The minimum Gasteiger partial charge on any atom is -0.437 e. The Bertz CT molecular complexity index is 2150. The summed E-state index contributed by atoms with van der Waals surface area (Å²) in [7, 11) is 1.68. The number of esters is 2. The molecule has 0 bridgehead atoms. The van der Waals surface area contributed by atoms with Crippen LogP contribution in [0.15, 0.2) is 60.5 Å². The molecule has 1 aromatic heterocycles. The molecule has 2 aromatic carbocycles. The maximum absolute atomic E-state index is 15.0. The summed E-state index contributed by atoms with van der Waals surface area (Å²) in [6.07, 6.45) is -1.53. The normalized spacial score (nSPS) is 35.2. The van der Waals surface area contributed by atoms with Gasteiger partial charge in [-0.3, -0.25) is 28.9 Å². The standard InChI is InChI=1S/C37H37N5O11/c1-35(34(49)42-23(14-18-8-4-3-5-9-18)30(45)41-13-7-12-24(41)37(42,50)53-35)39-33(48)36-17-40(2)22-15-19-16-38-21-11-6-10-20(25(19)21)26(22)29(36)51-31(46)27(43)28(44)32(47)52-36/h3-6,8-11,16,22-24,27-28,38,43-44,50H,7,12-15,17H2,1-2H3,(H,39,48)/t22-,23?,24+,27?,28?,35?,36-,37?/m1/s1. The van der Waals surface area contributed by atoms with Crippen LogP contribution in [0.1, 0.15) is 36.5 Å². The van der Waals surface area contributed by atoms with E-state index in [0.29, 0.717) is 36.9 Å². The van der Waals surface area contributed by atoms with Gasteiger partial charge in [0.05, 0.1) is 6.54 Å². The second kappa shape index (κ2) is 11.4. The first-order valence-corrected chi connectivity index (χ1v) is 17.6. The number of aliphatic hydroxyl groups is 3. The van der Waals surface area contributed by atoms with Crippen LogP contribution in [0.25, 0.3) is 16.5 Å². The maximum atomic E-state index is 15.0. The first-order valence-electron chi connectivity index (χ1n) is 17.6. The number of aromatic amines is 1. The number of nitrogens with one attached hydrogen (secondary N) is 2. The molecule has 16 nitrogen and oxygen atoms in total. The van der Waals surface area contributed by atoms with E-state index in [9.17, 15) is 39.3 Å². The molecule has 0 radical (unpaired) electrons. The van der Waals surface area contributed by atoms with E-state index in [1.54, 1.807) is 48.3 Å². The van der Waals surface area contributed by atoms with Gasteiger partial charge in [-0.2, -0.15) is 0 Å². The third-order valence-corrected chi connectivity index (χ3v) is 11.6. The van der Waals surface area contributed by atoms with Crippen molar-refractivity contribution in [3.8, 4) is 0 Å². The Morgan fingerprint density at radius 1 is 1.04 bits per heavy atom. The minimum atomic E-state index is -2.53. The summed E-state index contributed by atoms with van der Waals surface area (Å²) < 4.78 is 17.8. The lowest BCUT2D eigenvalue weighted by Gasteiger charge is -2.48. The van der Waals surface area contributed by atoms with Crippen molar-refractivity contribution in [3.05, 3.63) is 77.2 Å². The quantitative estimate of drug-likeness (QED) is 0.211. The van der Waals surface area contributed by atoms with Crippen LogP contribution in [0.5, 0.6) is 0 Å². The first kappa shape index (κ1) is 33.7. The highest BCUT2D eigenvalue weighted by molar-refractivity contribution is 6.05. The molecule has 9 rings (SSSR count). The second-order valence-corrected chi connectivity index (χ2v) is 14.8. The predicted molar refractivity (Wildman–Crippen MR) is 180 cm³/mol. The lowest BCUT2D eigenvalue weighted by atomic mass is 9.76. The van der Waals surface area contributed by atoms with Gasteiger partial charge in [0, 0.05) is 41.7 Å². The number of piperazine rings is 1. The molecule has 6 heterocycles. The Labute approximate surface area is 301 Å². The smallest absolute Gasteiger partial charge is 0.343 e. The number of carbonyl (C=O) groups excluding carboxylic acids is 5. The molecule has 276 valence electrons. The lowest BCUT2D eigenvalue weighted by molar-refractivity contribution is -0.315. The molecule has 5 unspecified atom stereocenters. The number of fused-ring (bicyclic) bond motifs is 6. The van der Waals surface area contributed by atoms with E-state index in [1.165, 1.54) is 11.8 Å². The van der Waals surface area contributed by atoms with Gasteiger partial charge < -0.3 is 40.0 Å². The Kier molecular flexibility index (Phi) is 7.27. The van der Waals surface area contributed by atoms with Crippen molar-refractivity contribution < 1.29 is 53.5 Å². The monoisotopic (exact) mass is 727 g/mol. The van der Waals surface area contributed by atoms with Gasteiger partial charge in [-0.05, 0) is 56.0 Å². The molecule has 53 heavy (non-hydrogen) atoms. The Morgan fingerprint density at radius 3 is 2.57 bits per heavy atom. The Balaban J connectivity index is 1.16. The number of benzene rings is 2. The number of H-pyrrole nitrogens is 1. The number of hydrogen-bond donors (Lipinski definition) is 5. The van der Waals surface area contributed by atoms with Gasteiger partial charge in [-0.15, -0.1) is 0 Å². The van der Waals surface area contributed by atoms with Crippen molar-refractivity contribution >= 4 is 46.1 Å². The molecule has 3 aromatic rings. The molecule has 16 heteroatoms. The van der Waals surface area contributed by atoms with E-state index in [0.717, 1.165) is 26.9 Å². The van der Waals surface area contributed by atoms with E-state index in [4.69, 9.17) is 14.2 Å². The molecule has 5 aliphatic heterocycles. The molecule has 6 aliphatic rings. The number of hydrogen-bond acceptors (Lipinski definition) is 12. The molecule has 5 N–H and O–H groups in total. The van der Waals surface area contributed by atoms with Crippen LogP contribution in [0.4, 0.5) is 0 Å². The maximum Gasteiger partial charge on any atom is 0.343 e. The SMILES string of the molecule is CN1C[C@@]2(C(=O)NC3(C)OC4(O)[C@@H]5CCCN5C(=O)C(Cc5ccccc5)N4C3=O)OC(=O)C(O)C(O)C(=O)OC2=C2c3cccc4[nH]cc(c34)C[C@H]21. The number of aromatic nitrogens is 1. The summed E-state index contributed by atoms with van der Waals surface area (Å²) in [5.41, 5.74) is -1.52. The summed E-state index contributed by atoms with van der Waals surface area (Å²) in [5, 5.41) is 36.8. The molecule has 0 spiro atoms. The fourth-order valence-electron chi connectivity index (χ4n) is 9.12. The van der Waals surface area contributed by atoms with Crippen molar-refractivity contribution in [2.45, 2.75) is 80.2 Å². The van der Waals surface area contributed by atoms with Gasteiger partial charge >= 0.3 is 11.9 Å². The van der Waals surface area contributed by atoms with E-state index >= 15 is 0 Å². The fraction of sp³-hybridized carbons (Fsp3) is 0.432. The van der Waals surface area contributed by atoms with Crippen LogP contribution >= 0.6 is 0 Å². The molecule has 0 saturated carbocycles. The van der Waals surface area contributed by atoms with Crippen molar-refractivity contribution in [1.82, 2.24) is 25.0 Å². The molecular weight excluding hydrogens is 690 g/mol. The summed E-state index contributed by atoms with van der Waals surface area (Å²) in [5.74, 6) is -8.08. The number of rotatable bonds is 4. The van der Waals surface area contributed by atoms with E-state index in [1.807, 2.05) is 18.3 Å². The minimum absolute atomic E-state index is 0.0527. The molecule has 4 fully saturated rings. The van der Waals surface area contributed by atoms with E-state index in [2.05, 4.69) is 10.3 Å². The van der Waals surface area contributed by atoms with Gasteiger partial charge in [0.15, 0.2) is 18.0 Å². The number of aliphatic hydroxyl groups excluding tert-OH is 2. The van der Waals surface area contributed by atoms with Crippen LogP contribution < -0.4 is 5.32 Å². The number of ether oxygens (including phenoxy) is 3. The molecule has 3 amide bonds. The lowest BCUT2D eigenvalue weighted by Crippen LogP contribution is -2.71. The van der Waals surface area contributed by atoms with Crippen molar-refractivity contribution in [2.24, 2.45) is 0 Å². The highest BCUT2D eigenvalue weighted by Gasteiger charge is 2.71. The van der Waals surface area contributed by atoms with Crippen LogP contribution in [0.2, 0.25) is 0 Å². The predicted octanol–water partition coefficient (Wildman–Crippen LogP) is -0.737.